The minimum absolute atomic E-state index is 1.03. The van der Waals surface area contributed by atoms with Crippen LogP contribution in [-0.4, -0.2) is 0 Å². The first-order chi connectivity index (χ1) is 49.6. The van der Waals surface area contributed by atoms with E-state index in [-0.39, 0.29) is 0 Å². The van der Waals surface area contributed by atoms with Crippen molar-refractivity contribution in [2.75, 3.05) is 19.6 Å². The Kier molecular flexibility index (Phi) is 15.2. The highest BCUT2D eigenvalue weighted by molar-refractivity contribution is 6.13. The maximum absolute atomic E-state index is 2.41. The number of hydrogen-bond acceptors (Lipinski definition) is 4. The van der Waals surface area contributed by atoms with Gasteiger partial charge in [-0.15, -0.1) is 0 Å². The fourth-order valence-corrected chi connectivity index (χ4v) is 14.9. The van der Waals surface area contributed by atoms with E-state index in [9.17, 15) is 0 Å². The lowest BCUT2D eigenvalue weighted by Crippen LogP contribution is -2.13. The molecule has 0 amide bonds. The average Bonchev–Trinajstić information content (AvgIpc) is 0.752. The molecule has 0 fully saturated rings. The third kappa shape index (κ3) is 11.2. The zero-order valence-electron chi connectivity index (χ0n) is 54.9. The molecule has 18 rings (SSSR count). The molecular formula is C96H66N4. The van der Waals surface area contributed by atoms with Gasteiger partial charge in [0.25, 0.3) is 0 Å². The van der Waals surface area contributed by atoms with Crippen LogP contribution in [0.3, 0.4) is 0 Å². The highest BCUT2D eigenvalue weighted by Gasteiger charge is 2.25. The van der Waals surface area contributed by atoms with Crippen LogP contribution in [0.25, 0.3) is 98.0 Å². The number of para-hydroxylation sites is 4. The molecule has 0 atom stereocenters. The Balaban J connectivity index is 0.831. The summed E-state index contributed by atoms with van der Waals surface area (Å²) in [6.45, 7) is 0. The molecular weight excluding hydrogens is 1210 g/mol. The van der Waals surface area contributed by atoms with Crippen LogP contribution in [-0.2, 0) is 0 Å². The average molecular weight is 1280 g/mol. The Bertz CT molecular complexity index is 5420. The minimum Gasteiger partial charge on any atom is -0.310 e. The third-order valence-electron chi connectivity index (χ3n) is 19.6. The lowest BCUT2D eigenvalue weighted by atomic mass is 9.87. The van der Waals surface area contributed by atoms with Crippen LogP contribution in [0.1, 0.15) is 0 Å². The molecule has 470 valence electrons. The predicted octanol–water partition coefficient (Wildman–Crippen LogP) is 27.5. The highest BCUT2D eigenvalue weighted by Crippen LogP contribution is 2.50. The SMILES string of the molecule is c1ccc(N(c2cc(-c3ccc(-c4ccc(-c5cc(N(c6ccccc6)c6ccc7ccccc7c6)cc(N(c6ccccc6)c6ccc7ccccc7c6)c5)c5ccccc45)c4ccccc34)cc(N(c3ccccc3)c3ccc4ccccc4c3)c2)c2ccc3ccccc3c2)cc1. The van der Waals surface area contributed by atoms with Gasteiger partial charge in [-0.2, -0.15) is 0 Å². The van der Waals surface area contributed by atoms with E-state index < -0.39 is 0 Å². The zero-order valence-corrected chi connectivity index (χ0v) is 54.9. The Morgan fingerprint density at radius 3 is 0.590 bits per heavy atom. The molecule has 0 saturated heterocycles. The number of fused-ring (bicyclic) bond motifs is 6. The van der Waals surface area contributed by atoms with Crippen molar-refractivity contribution in [2.24, 2.45) is 0 Å². The molecule has 4 heteroatoms. The molecule has 0 aliphatic rings. The smallest absolute Gasteiger partial charge is 0.0488 e. The van der Waals surface area contributed by atoms with Gasteiger partial charge in [0.15, 0.2) is 0 Å². The summed E-state index contributed by atoms with van der Waals surface area (Å²) in [5.74, 6) is 0. The van der Waals surface area contributed by atoms with Crippen molar-refractivity contribution in [1.29, 1.82) is 0 Å². The van der Waals surface area contributed by atoms with Gasteiger partial charge < -0.3 is 19.6 Å². The van der Waals surface area contributed by atoms with Gasteiger partial charge >= 0.3 is 0 Å². The Morgan fingerprint density at radius 2 is 0.330 bits per heavy atom. The molecule has 0 aliphatic heterocycles. The van der Waals surface area contributed by atoms with Gasteiger partial charge in [0.05, 0.1) is 0 Å². The van der Waals surface area contributed by atoms with Crippen molar-refractivity contribution in [3.8, 4) is 33.4 Å². The van der Waals surface area contributed by atoms with E-state index in [2.05, 4.69) is 420 Å². The Hall–Kier alpha value is -13.3. The maximum Gasteiger partial charge on any atom is 0.0488 e. The van der Waals surface area contributed by atoms with E-state index in [1.807, 2.05) is 0 Å². The van der Waals surface area contributed by atoms with Crippen molar-refractivity contribution in [2.45, 2.75) is 0 Å². The van der Waals surface area contributed by atoms with Crippen LogP contribution < -0.4 is 19.6 Å². The summed E-state index contributed by atoms with van der Waals surface area (Å²) < 4.78 is 0. The summed E-state index contributed by atoms with van der Waals surface area (Å²) in [5.41, 5.74) is 19.4. The Labute approximate surface area is 582 Å². The van der Waals surface area contributed by atoms with E-state index in [0.717, 1.165) is 112 Å². The van der Waals surface area contributed by atoms with Crippen LogP contribution in [0.2, 0.25) is 0 Å². The number of nitrogens with zero attached hydrogens (tertiary/aromatic N) is 4. The molecule has 0 bridgehead atoms. The summed E-state index contributed by atoms with van der Waals surface area (Å²) in [5, 5.41) is 14.2. The van der Waals surface area contributed by atoms with Crippen molar-refractivity contribution in [3.05, 3.63) is 400 Å². The van der Waals surface area contributed by atoms with Crippen LogP contribution >= 0.6 is 0 Å². The molecule has 100 heavy (non-hydrogen) atoms. The second kappa shape index (κ2) is 25.7. The molecule has 18 aromatic rings. The molecule has 0 radical (unpaired) electrons. The van der Waals surface area contributed by atoms with Gasteiger partial charge in [0.2, 0.25) is 0 Å². The zero-order chi connectivity index (χ0) is 66.3. The van der Waals surface area contributed by atoms with Crippen LogP contribution in [0, 0.1) is 0 Å². The number of benzene rings is 18. The lowest BCUT2D eigenvalue weighted by molar-refractivity contribution is 1.25. The van der Waals surface area contributed by atoms with E-state index in [0.29, 0.717) is 0 Å². The van der Waals surface area contributed by atoms with Crippen molar-refractivity contribution in [1.82, 2.24) is 0 Å². The van der Waals surface area contributed by atoms with Crippen molar-refractivity contribution < 1.29 is 0 Å². The third-order valence-corrected chi connectivity index (χ3v) is 19.6. The highest BCUT2D eigenvalue weighted by atomic mass is 15.2. The van der Waals surface area contributed by atoms with Gasteiger partial charge in [-0.1, -0.05) is 267 Å². The molecule has 18 aromatic carbocycles. The van der Waals surface area contributed by atoms with Gasteiger partial charge in [0, 0.05) is 68.2 Å². The summed E-state index contributed by atoms with van der Waals surface area (Å²) >= 11 is 0. The summed E-state index contributed by atoms with van der Waals surface area (Å²) in [6.07, 6.45) is 0. The number of hydrogen-bond donors (Lipinski definition) is 0. The lowest BCUT2D eigenvalue weighted by Gasteiger charge is -2.31. The molecule has 0 saturated carbocycles. The summed E-state index contributed by atoms with van der Waals surface area (Å²) in [6, 6.07) is 147. The monoisotopic (exact) mass is 1270 g/mol. The molecule has 0 heterocycles. The quantitative estimate of drug-likeness (QED) is 0.101. The first-order valence-corrected chi connectivity index (χ1v) is 34.3. The summed E-state index contributed by atoms with van der Waals surface area (Å²) in [7, 11) is 0. The standard InChI is InChI=1S/C96H66N4/c1-5-33-77(34-6-1)97(81-49-45-67-25-13-17-29-71(67)57-81)85-61-75(62-86(65-85)98(78-35-7-2-8-36-78)82-50-46-68-26-14-18-30-72(68)58-82)89-53-55-95(93-43-23-21-41-91(89)93)96-56-54-90(92-42-22-24-44-94(92)96)76-63-87(99(79-37-9-3-10-38-79)83-51-47-69-27-15-19-31-73(69)59-83)66-88(64-76)100(80-39-11-4-12-40-80)84-52-48-70-28-16-20-32-74(70)60-84/h1-66H. The van der Waals surface area contributed by atoms with E-state index >= 15 is 0 Å². The van der Waals surface area contributed by atoms with Gasteiger partial charge in [0.1, 0.15) is 0 Å². The number of rotatable bonds is 15. The number of anilines is 12. The second-order valence-electron chi connectivity index (χ2n) is 25.7. The van der Waals surface area contributed by atoms with Crippen LogP contribution in [0.5, 0.6) is 0 Å². The first kappa shape index (κ1) is 59.2. The van der Waals surface area contributed by atoms with Crippen molar-refractivity contribution in [3.63, 3.8) is 0 Å². The fourth-order valence-electron chi connectivity index (χ4n) is 14.9. The van der Waals surface area contributed by atoms with Crippen LogP contribution in [0.4, 0.5) is 68.2 Å². The van der Waals surface area contributed by atoms with E-state index in [1.165, 1.54) is 53.9 Å². The molecule has 0 unspecified atom stereocenters. The first-order valence-electron chi connectivity index (χ1n) is 34.3. The van der Waals surface area contributed by atoms with Gasteiger partial charge in [-0.05, 0) is 231 Å². The van der Waals surface area contributed by atoms with E-state index in [1.54, 1.807) is 0 Å². The fraction of sp³-hybridized carbons (Fsp3) is 0. The van der Waals surface area contributed by atoms with Gasteiger partial charge in [-0.3, -0.25) is 0 Å². The van der Waals surface area contributed by atoms with E-state index in [4.69, 9.17) is 0 Å². The molecule has 4 nitrogen and oxygen atoms in total. The molecule has 0 N–H and O–H groups in total. The topological polar surface area (TPSA) is 13.0 Å². The largest absolute Gasteiger partial charge is 0.310 e. The molecule has 0 aliphatic carbocycles. The molecule has 0 aromatic heterocycles. The molecule has 0 spiro atoms. The predicted molar refractivity (Wildman–Crippen MR) is 427 cm³/mol. The normalized spacial score (nSPS) is 11.4. The van der Waals surface area contributed by atoms with Gasteiger partial charge in [-0.25, -0.2) is 0 Å². The maximum atomic E-state index is 2.41. The van der Waals surface area contributed by atoms with Crippen molar-refractivity contribution >= 4 is 133 Å². The minimum atomic E-state index is 1.03. The summed E-state index contributed by atoms with van der Waals surface area (Å²) in [4.78, 5) is 9.66. The Morgan fingerprint density at radius 1 is 0.120 bits per heavy atom. The second-order valence-corrected chi connectivity index (χ2v) is 25.7. The van der Waals surface area contributed by atoms with Crippen LogP contribution in [0.15, 0.2) is 400 Å².